The Hall–Kier alpha value is -2.78. The van der Waals surface area contributed by atoms with Crippen molar-refractivity contribution in [1.29, 1.82) is 0 Å². The number of nitrogens with one attached hydrogen (secondary N) is 2. The number of hydrogen-bond donors (Lipinski definition) is 2. The van der Waals surface area contributed by atoms with Crippen molar-refractivity contribution in [1.82, 2.24) is 25.3 Å². The third-order valence-corrected chi connectivity index (χ3v) is 8.55. The molecular weight excluding hydrogens is 530 g/mol. The second kappa shape index (κ2) is 14.2. The van der Waals surface area contributed by atoms with Crippen LogP contribution in [0.3, 0.4) is 0 Å². The van der Waals surface area contributed by atoms with E-state index in [-0.39, 0.29) is 48.8 Å². The third kappa shape index (κ3) is 7.10. The Morgan fingerprint density at radius 2 is 1.68 bits per heavy atom. The molecule has 2 aromatic rings. The second-order valence-corrected chi connectivity index (χ2v) is 11.2. The van der Waals surface area contributed by atoms with Crippen LogP contribution in [0.2, 0.25) is 0 Å². The molecule has 1 aromatic carbocycles. The normalized spacial score (nSPS) is 18.6. The van der Waals surface area contributed by atoms with E-state index in [9.17, 15) is 9.59 Å². The van der Waals surface area contributed by atoms with Crippen LogP contribution in [-0.4, -0.2) is 72.4 Å². The number of ether oxygens (including phenoxy) is 2. The second-order valence-electron chi connectivity index (χ2n) is 11.2. The number of methoxy groups -OCH3 is 2. The van der Waals surface area contributed by atoms with E-state index >= 15 is 0 Å². The Morgan fingerprint density at radius 1 is 1.00 bits per heavy atom. The molecule has 1 aliphatic heterocycles. The van der Waals surface area contributed by atoms with Gasteiger partial charge in [0.1, 0.15) is 11.5 Å². The van der Waals surface area contributed by atoms with Gasteiger partial charge in [-0.2, -0.15) is 5.10 Å². The number of aromatic nitrogens is 2. The summed E-state index contributed by atoms with van der Waals surface area (Å²) in [5.74, 6) is 1.13. The number of halogens is 1. The fraction of sp³-hybridized carbons (Fsp3) is 0.633. The molecule has 0 radical (unpaired) electrons. The van der Waals surface area contributed by atoms with Crippen LogP contribution in [0.5, 0.6) is 11.5 Å². The average Bonchev–Trinajstić information content (AvgIpc) is 3.70. The summed E-state index contributed by atoms with van der Waals surface area (Å²) in [4.78, 5) is 28.9. The summed E-state index contributed by atoms with van der Waals surface area (Å²) in [6.07, 6.45) is 11.0. The lowest BCUT2D eigenvalue weighted by molar-refractivity contribution is -0.122. The Kier molecular flexibility index (Phi) is 10.7. The van der Waals surface area contributed by atoms with Crippen LogP contribution in [0.1, 0.15) is 87.2 Å². The lowest BCUT2D eigenvalue weighted by atomic mass is 9.93. The Labute approximate surface area is 243 Å². The molecule has 2 heterocycles. The zero-order valence-electron chi connectivity index (χ0n) is 23.8. The average molecular weight is 574 g/mol. The van der Waals surface area contributed by atoms with Crippen LogP contribution in [0, 0.1) is 0 Å². The number of benzene rings is 1. The predicted octanol–water partition coefficient (Wildman–Crippen LogP) is 4.75. The molecule has 2 saturated carbocycles. The van der Waals surface area contributed by atoms with E-state index in [4.69, 9.17) is 14.6 Å². The lowest BCUT2D eigenvalue weighted by Crippen LogP contribution is -2.45. The monoisotopic (exact) mass is 573 g/mol. The molecule has 40 heavy (non-hydrogen) atoms. The van der Waals surface area contributed by atoms with Gasteiger partial charge in [-0.15, -0.1) is 12.4 Å². The highest BCUT2D eigenvalue weighted by molar-refractivity contribution is 5.94. The van der Waals surface area contributed by atoms with Gasteiger partial charge in [-0.25, -0.2) is 0 Å². The highest BCUT2D eigenvalue weighted by atomic mass is 35.5. The maximum Gasteiger partial charge on any atom is 0.272 e. The van der Waals surface area contributed by atoms with E-state index in [0.717, 1.165) is 75.8 Å². The van der Waals surface area contributed by atoms with Crippen molar-refractivity contribution in [3.8, 4) is 22.8 Å². The molecule has 0 bridgehead atoms. The zero-order valence-corrected chi connectivity index (χ0v) is 24.6. The minimum atomic E-state index is -0.251. The molecule has 0 unspecified atom stereocenters. The molecule has 9 nitrogen and oxygen atoms in total. The topological polar surface area (TPSA) is 97.7 Å². The van der Waals surface area contributed by atoms with Crippen molar-refractivity contribution >= 4 is 24.2 Å². The van der Waals surface area contributed by atoms with E-state index in [1.54, 1.807) is 14.2 Å². The van der Waals surface area contributed by atoms with Gasteiger partial charge >= 0.3 is 0 Å². The summed E-state index contributed by atoms with van der Waals surface area (Å²) in [5.41, 5.74) is 1.97. The van der Waals surface area contributed by atoms with Crippen LogP contribution in [0.15, 0.2) is 24.3 Å². The molecule has 3 aliphatic rings. The van der Waals surface area contributed by atoms with Crippen LogP contribution in [0.4, 0.5) is 0 Å². The first kappa shape index (κ1) is 30.2. The van der Waals surface area contributed by atoms with Crippen LogP contribution >= 0.6 is 12.4 Å². The van der Waals surface area contributed by atoms with Gasteiger partial charge in [-0.3, -0.25) is 14.3 Å². The van der Waals surface area contributed by atoms with Crippen molar-refractivity contribution in [2.75, 3.05) is 33.9 Å². The van der Waals surface area contributed by atoms with Crippen LogP contribution in [0.25, 0.3) is 11.3 Å². The summed E-state index contributed by atoms with van der Waals surface area (Å²) < 4.78 is 13.4. The summed E-state index contributed by atoms with van der Waals surface area (Å²) >= 11 is 0. The molecular formula is C30H44ClN5O4. The first-order valence-electron chi connectivity index (χ1n) is 14.7. The van der Waals surface area contributed by atoms with Crippen molar-refractivity contribution in [2.24, 2.45) is 0 Å². The van der Waals surface area contributed by atoms with Gasteiger partial charge in [0.15, 0.2) is 5.69 Å². The van der Waals surface area contributed by atoms with E-state index in [1.165, 1.54) is 19.3 Å². The van der Waals surface area contributed by atoms with Gasteiger partial charge in [-0.1, -0.05) is 18.9 Å². The molecule has 5 rings (SSSR count). The van der Waals surface area contributed by atoms with Crippen molar-refractivity contribution in [3.05, 3.63) is 30.0 Å². The molecule has 220 valence electrons. The molecule has 1 saturated heterocycles. The quantitative estimate of drug-likeness (QED) is 0.380. The van der Waals surface area contributed by atoms with E-state index in [2.05, 4.69) is 15.5 Å². The fourth-order valence-electron chi connectivity index (χ4n) is 6.12. The molecule has 1 atom stereocenters. The Balaban J connectivity index is 0.00000370. The number of nitrogens with zero attached hydrogens (tertiary/aromatic N) is 3. The Bertz CT molecular complexity index is 1120. The summed E-state index contributed by atoms with van der Waals surface area (Å²) in [6.45, 7) is 3.05. The number of carbonyl (C=O) groups excluding carboxylic acids is 2. The van der Waals surface area contributed by atoms with Crippen molar-refractivity contribution in [3.63, 3.8) is 0 Å². The van der Waals surface area contributed by atoms with Gasteiger partial charge < -0.3 is 25.0 Å². The first-order valence-corrected chi connectivity index (χ1v) is 14.7. The largest absolute Gasteiger partial charge is 0.496 e. The minimum Gasteiger partial charge on any atom is -0.496 e. The summed E-state index contributed by atoms with van der Waals surface area (Å²) in [5, 5.41) is 11.1. The third-order valence-electron chi connectivity index (χ3n) is 8.55. The van der Waals surface area contributed by atoms with Crippen LogP contribution in [-0.2, 0) is 4.79 Å². The van der Waals surface area contributed by atoms with Crippen molar-refractivity contribution < 1.29 is 19.1 Å². The van der Waals surface area contributed by atoms with Gasteiger partial charge in [0.2, 0.25) is 5.91 Å². The standard InChI is InChI=1S/C30H43N5O4.ClH/c1-38-26-13-8-14-27(39-2)29(26)25-20-24(33-35(25)23-11-3-4-12-23)30(37)32-22(15-18-34-16-5-6-17-34)19-28(36)31-21-9-7-10-21;/h8,13-14,20-23H,3-7,9-12,15-19H2,1-2H3,(H,31,36)(H,32,37);1H/t22-;/m0./s1. The van der Waals surface area contributed by atoms with E-state index in [0.29, 0.717) is 17.2 Å². The van der Waals surface area contributed by atoms with Crippen LogP contribution < -0.4 is 20.1 Å². The highest BCUT2D eigenvalue weighted by Crippen LogP contribution is 2.41. The fourth-order valence-corrected chi connectivity index (χ4v) is 6.12. The van der Waals surface area contributed by atoms with Gasteiger partial charge in [0, 0.05) is 25.0 Å². The van der Waals surface area contributed by atoms with E-state index < -0.39 is 0 Å². The molecule has 2 N–H and O–H groups in total. The molecule has 2 aliphatic carbocycles. The molecule has 10 heteroatoms. The molecule has 1 aromatic heterocycles. The van der Waals surface area contributed by atoms with Crippen molar-refractivity contribution in [2.45, 2.75) is 88.8 Å². The highest BCUT2D eigenvalue weighted by Gasteiger charge is 2.29. The minimum absolute atomic E-state index is 0. The van der Waals surface area contributed by atoms with E-state index in [1.807, 2.05) is 28.9 Å². The number of rotatable bonds is 12. The van der Waals surface area contributed by atoms with Gasteiger partial charge in [0.05, 0.1) is 31.5 Å². The SMILES string of the molecule is COc1cccc(OC)c1-c1cc(C(=O)N[C@@H](CCN2CCCC2)CC(=O)NC2CCC2)nn1C1CCCC1.Cl. The maximum atomic E-state index is 13.6. The lowest BCUT2D eigenvalue weighted by Gasteiger charge is -2.28. The maximum absolute atomic E-state index is 13.6. The Morgan fingerprint density at radius 3 is 2.27 bits per heavy atom. The predicted molar refractivity (Wildman–Crippen MR) is 157 cm³/mol. The number of likely N-dealkylation sites (tertiary alicyclic amines) is 1. The number of hydrogen-bond acceptors (Lipinski definition) is 6. The number of amides is 2. The van der Waals surface area contributed by atoms with Gasteiger partial charge in [-0.05, 0) is 82.7 Å². The molecule has 3 fully saturated rings. The van der Waals surface area contributed by atoms with Gasteiger partial charge in [0.25, 0.3) is 5.91 Å². The smallest absolute Gasteiger partial charge is 0.272 e. The number of carbonyl (C=O) groups is 2. The summed E-state index contributed by atoms with van der Waals surface area (Å²) in [6, 6.07) is 7.80. The first-order chi connectivity index (χ1) is 19.1. The zero-order chi connectivity index (χ0) is 27.2. The molecule has 2 amide bonds. The molecule has 0 spiro atoms. The summed E-state index contributed by atoms with van der Waals surface area (Å²) in [7, 11) is 3.28.